The lowest BCUT2D eigenvalue weighted by molar-refractivity contribution is 0.1000. The Balaban J connectivity index is 2.91. The SMILES string of the molecule is [CH2-][OH+]c1ccc(C(N)=O)cc1. The zero-order valence-corrected chi connectivity index (χ0v) is 5.95. The fourth-order valence-corrected chi connectivity index (χ4v) is 0.731. The van der Waals surface area contributed by atoms with Gasteiger partial charge >= 0.3 is 0 Å². The molecule has 0 aliphatic carbocycles. The van der Waals surface area contributed by atoms with Crippen molar-refractivity contribution in [2.45, 2.75) is 0 Å². The number of amides is 1. The lowest BCUT2D eigenvalue weighted by Crippen LogP contribution is -2.10. The molecule has 3 N–H and O–H groups in total. The highest BCUT2D eigenvalue weighted by Crippen LogP contribution is 2.11. The third kappa shape index (κ3) is 1.70. The van der Waals surface area contributed by atoms with E-state index in [2.05, 4.69) is 11.8 Å². The molecule has 0 bridgehead atoms. The van der Waals surface area contributed by atoms with Crippen molar-refractivity contribution in [1.29, 1.82) is 0 Å². The molecule has 1 amide bonds. The molecule has 0 aliphatic rings. The fraction of sp³-hybridized carbons (Fsp3) is 0. The van der Waals surface area contributed by atoms with Gasteiger partial charge in [0.25, 0.3) is 0 Å². The molecule has 0 aliphatic heterocycles. The van der Waals surface area contributed by atoms with Crippen molar-refractivity contribution >= 4 is 5.91 Å². The Hall–Kier alpha value is -1.51. The molecule has 0 aromatic heterocycles. The normalized spacial score (nSPS) is 9.18. The maximum atomic E-state index is 10.6. The molecule has 0 saturated carbocycles. The second-order valence-corrected chi connectivity index (χ2v) is 2.07. The summed E-state index contributed by atoms with van der Waals surface area (Å²) in [6.07, 6.45) is 0. The van der Waals surface area contributed by atoms with E-state index in [9.17, 15) is 4.79 Å². The number of carbonyl (C=O) groups is 1. The summed E-state index contributed by atoms with van der Waals surface area (Å²) < 4.78 is 3.67. The van der Waals surface area contributed by atoms with E-state index in [1.54, 1.807) is 24.3 Å². The van der Waals surface area contributed by atoms with Crippen molar-refractivity contribution in [2.75, 3.05) is 0 Å². The molecule has 1 aromatic carbocycles. The molecular weight excluding hydrogens is 142 g/mol. The molecule has 58 valence electrons. The third-order valence-corrected chi connectivity index (χ3v) is 1.33. The van der Waals surface area contributed by atoms with Crippen LogP contribution in [0.5, 0.6) is 5.75 Å². The number of aliphatic hydroxyl groups is 1. The number of hydrogen-bond donors (Lipinski definition) is 1. The van der Waals surface area contributed by atoms with Crippen molar-refractivity contribution in [2.24, 2.45) is 5.73 Å². The van der Waals surface area contributed by atoms with Gasteiger partial charge in [0.1, 0.15) is 0 Å². The molecule has 0 saturated heterocycles. The average Bonchev–Trinajstić information content (AvgIpc) is 2.05. The molecule has 0 heterocycles. The Morgan fingerprint density at radius 1 is 1.36 bits per heavy atom. The highest BCUT2D eigenvalue weighted by atomic mass is 16.5. The van der Waals surface area contributed by atoms with Gasteiger partial charge in [0.15, 0.2) is 0 Å². The van der Waals surface area contributed by atoms with Gasteiger partial charge in [0.2, 0.25) is 11.7 Å². The quantitative estimate of drug-likeness (QED) is 0.493. The predicted molar refractivity (Wildman–Crippen MR) is 42.0 cm³/mol. The van der Waals surface area contributed by atoms with Crippen LogP contribution in [-0.2, 0) is 0 Å². The van der Waals surface area contributed by atoms with Gasteiger partial charge in [0, 0.05) is 17.7 Å². The van der Waals surface area contributed by atoms with Gasteiger partial charge in [0.05, 0.1) is 0 Å². The Labute approximate surface area is 64.8 Å². The minimum atomic E-state index is -0.430. The molecule has 0 fully saturated rings. The Kier molecular flexibility index (Phi) is 2.11. The zero-order chi connectivity index (χ0) is 8.27. The Morgan fingerprint density at radius 2 is 1.91 bits per heavy atom. The number of ether oxygens (including phenoxy) is 1. The fourth-order valence-electron chi connectivity index (χ4n) is 0.731. The predicted octanol–water partition coefficient (Wildman–Crippen LogP) is 0.818. The Bertz CT molecular complexity index is 253. The van der Waals surface area contributed by atoms with E-state index >= 15 is 0 Å². The van der Waals surface area contributed by atoms with Gasteiger partial charge in [-0.25, -0.2) is 0 Å². The number of benzene rings is 1. The maximum absolute atomic E-state index is 10.6. The van der Waals surface area contributed by atoms with Crippen LogP contribution in [0.15, 0.2) is 24.3 Å². The summed E-state index contributed by atoms with van der Waals surface area (Å²) in [4.78, 5) is 10.6. The number of hydrogen-bond acceptors (Lipinski definition) is 1. The van der Waals surface area contributed by atoms with Crippen LogP contribution in [0.25, 0.3) is 0 Å². The van der Waals surface area contributed by atoms with Gasteiger partial charge < -0.3 is 10.5 Å². The summed E-state index contributed by atoms with van der Waals surface area (Å²) in [6.45, 7) is 0. The summed E-state index contributed by atoms with van der Waals surface area (Å²) in [5.41, 5.74) is 5.50. The maximum Gasteiger partial charge on any atom is 0.248 e. The van der Waals surface area contributed by atoms with E-state index in [4.69, 9.17) is 5.73 Å². The number of primary amides is 1. The second-order valence-electron chi connectivity index (χ2n) is 2.07. The van der Waals surface area contributed by atoms with Crippen LogP contribution in [0.4, 0.5) is 0 Å². The van der Waals surface area contributed by atoms with Crippen molar-refractivity contribution in [3.63, 3.8) is 0 Å². The van der Waals surface area contributed by atoms with E-state index in [1.165, 1.54) is 0 Å². The first-order valence-electron chi connectivity index (χ1n) is 3.10. The Morgan fingerprint density at radius 3 is 2.27 bits per heavy atom. The molecule has 0 unspecified atom stereocenters. The first-order chi connectivity index (χ1) is 5.24. The third-order valence-electron chi connectivity index (χ3n) is 1.33. The molecule has 3 nitrogen and oxygen atoms in total. The van der Waals surface area contributed by atoms with Crippen molar-refractivity contribution in [1.82, 2.24) is 0 Å². The second kappa shape index (κ2) is 3.05. The summed E-state index contributed by atoms with van der Waals surface area (Å²) in [5, 5.41) is 0. The number of rotatable bonds is 2. The minimum Gasteiger partial charge on any atom is -0.722 e. The van der Waals surface area contributed by atoms with Crippen LogP contribution in [0.2, 0.25) is 0 Å². The van der Waals surface area contributed by atoms with E-state index in [-0.39, 0.29) is 0 Å². The van der Waals surface area contributed by atoms with Crippen LogP contribution < -0.4 is 5.73 Å². The number of carbonyl (C=O) groups excluding carboxylic acids is 1. The smallest absolute Gasteiger partial charge is 0.248 e. The largest absolute Gasteiger partial charge is 0.722 e. The molecule has 0 radical (unpaired) electrons. The molecule has 1 aromatic rings. The molecule has 11 heavy (non-hydrogen) atoms. The molecular formula is C8H9NO2. The van der Waals surface area contributed by atoms with Gasteiger partial charge in [-0.1, -0.05) is 0 Å². The topological polar surface area (TPSA) is 55.9 Å². The van der Waals surface area contributed by atoms with Crippen LogP contribution in [0, 0.1) is 7.11 Å². The van der Waals surface area contributed by atoms with Crippen LogP contribution in [-0.4, -0.2) is 10.6 Å². The lowest BCUT2D eigenvalue weighted by Gasteiger charge is -2.02. The molecule has 0 spiro atoms. The molecule has 1 rings (SSSR count). The molecule has 0 atom stereocenters. The van der Waals surface area contributed by atoms with Crippen LogP contribution in [0.3, 0.4) is 0 Å². The minimum absolute atomic E-state index is 0.430. The summed E-state index contributed by atoms with van der Waals surface area (Å²) in [7, 11) is 3.34. The van der Waals surface area contributed by atoms with E-state index in [1.807, 2.05) is 0 Å². The monoisotopic (exact) mass is 151 g/mol. The van der Waals surface area contributed by atoms with Crippen LogP contribution in [0.1, 0.15) is 10.4 Å². The number of nitrogens with two attached hydrogens (primary N) is 1. The van der Waals surface area contributed by atoms with Crippen molar-refractivity contribution in [3.05, 3.63) is 36.9 Å². The van der Waals surface area contributed by atoms with E-state index < -0.39 is 5.91 Å². The standard InChI is InChI=1S/C8H9NO2/c1-11-7-4-2-6(3-5-7)8(9)10/h2-5,11H,1H2,(H2,9,10). The first kappa shape index (κ1) is 7.60. The highest BCUT2D eigenvalue weighted by molar-refractivity contribution is 5.92. The van der Waals surface area contributed by atoms with Gasteiger partial charge in [-0.15, -0.1) is 0 Å². The van der Waals surface area contributed by atoms with Gasteiger partial charge in [-0.2, -0.15) is 0 Å². The first-order valence-corrected chi connectivity index (χ1v) is 3.10. The van der Waals surface area contributed by atoms with Crippen molar-refractivity contribution in [3.8, 4) is 5.75 Å². The zero-order valence-electron chi connectivity index (χ0n) is 5.95. The van der Waals surface area contributed by atoms with Gasteiger partial charge in [-0.3, -0.25) is 4.79 Å². The highest BCUT2D eigenvalue weighted by Gasteiger charge is 1.99. The van der Waals surface area contributed by atoms with Crippen molar-refractivity contribution < 1.29 is 9.53 Å². The summed E-state index contributed by atoms with van der Waals surface area (Å²) >= 11 is 0. The van der Waals surface area contributed by atoms with Gasteiger partial charge in [-0.05, 0) is 19.2 Å². The van der Waals surface area contributed by atoms with Crippen LogP contribution >= 0.6 is 0 Å². The van der Waals surface area contributed by atoms with E-state index in [0.717, 1.165) is 5.75 Å². The number of aromatic hydroxyl groups is 1. The summed E-state index contributed by atoms with van der Waals surface area (Å²) in [5.74, 6) is 0.301. The summed E-state index contributed by atoms with van der Waals surface area (Å²) in [6, 6.07) is 6.61. The molecule has 3 heteroatoms. The average molecular weight is 151 g/mol. The van der Waals surface area contributed by atoms with E-state index in [0.29, 0.717) is 5.56 Å². The lowest BCUT2D eigenvalue weighted by atomic mass is 10.2.